The molecule has 14 heteroatoms. The van der Waals surface area contributed by atoms with E-state index in [0.717, 1.165) is 63.3 Å². The van der Waals surface area contributed by atoms with Crippen LogP contribution >= 0.6 is 0 Å². The van der Waals surface area contributed by atoms with Crippen LogP contribution in [0, 0.1) is 28.1 Å². The Labute approximate surface area is 395 Å². The average molecular weight is 916 g/mol. The monoisotopic (exact) mass is 915 g/mol. The van der Waals surface area contributed by atoms with Crippen LogP contribution < -0.4 is 10.2 Å². The van der Waals surface area contributed by atoms with Crippen LogP contribution in [0.3, 0.4) is 0 Å². The molecule has 13 nitrogen and oxygen atoms in total. The molecule has 1 spiro atoms. The van der Waals surface area contributed by atoms with Gasteiger partial charge < -0.3 is 38.8 Å². The van der Waals surface area contributed by atoms with Crippen molar-refractivity contribution in [2.75, 3.05) is 68.2 Å². The van der Waals surface area contributed by atoms with Crippen LogP contribution in [-0.4, -0.2) is 154 Å². The molecular formula is C53H66BN3O10. The lowest BCUT2D eigenvalue weighted by Gasteiger charge is -2.63. The Kier molecular flexibility index (Phi) is 11.3. The van der Waals surface area contributed by atoms with E-state index in [2.05, 4.69) is 64.4 Å². The summed E-state index contributed by atoms with van der Waals surface area (Å²) in [6, 6.07) is 13.5. The highest BCUT2D eigenvalue weighted by Gasteiger charge is 2.81. The lowest BCUT2D eigenvalue weighted by Crippen LogP contribution is -2.79. The molecule has 4 fully saturated rings. The van der Waals surface area contributed by atoms with Crippen LogP contribution in [0.2, 0.25) is 0 Å². The molecule has 3 saturated heterocycles. The van der Waals surface area contributed by atoms with E-state index in [1.165, 1.54) is 21.1 Å². The van der Waals surface area contributed by atoms with Gasteiger partial charge in [-0.2, -0.15) is 0 Å². The van der Waals surface area contributed by atoms with Gasteiger partial charge in [0.1, 0.15) is 5.75 Å². The number of piperidine rings is 1. The maximum atomic E-state index is 15.7. The Morgan fingerprint density at radius 3 is 2.31 bits per heavy atom. The normalized spacial score (nSPS) is 38.1. The van der Waals surface area contributed by atoms with Crippen LogP contribution in [-0.2, 0) is 33.3 Å². The molecule has 12 atom stereocenters. The number of nitrogens with zero attached hydrogens (tertiary/aromatic N) is 3. The van der Waals surface area contributed by atoms with Crippen LogP contribution in [0.1, 0.15) is 64.9 Å². The number of likely N-dealkylation sites (tertiary alicyclic amines) is 1. The van der Waals surface area contributed by atoms with Gasteiger partial charge in [-0.25, -0.2) is 4.79 Å². The molecule has 67 heavy (non-hydrogen) atoms. The number of hydrogen-bond acceptors (Lipinski definition) is 13. The summed E-state index contributed by atoms with van der Waals surface area (Å²) >= 11 is 0. The van der Waals surface area contributed by atoms with Crippen molar-refractivity contribution in [1.82, 2.24) is 14.7 Å². The maximum absolute atomic E-state index is 15.7. The summed E-state index contributed by atoms with van der Waals surface area (Å²) in [5, 5.41) is 25.7. The fourth-order valence-electron chi connectivity index (χ4n) is 15.3. The van der Waals surface area contributed by atoms with Crippen molar-refractivity contribution >= 4 is 36.2 Å². The Bertz CT molecular complexity index is 2510. The van der Waals surface area contributed by atoms with Gasteiger partial charge in [0.2, 0.25) is 5.60 Å². The van der Waals surface area contributed by atoms with Crippen LogP contribution in [0.25, 0.3) is 16.7 Å². The summed E-state index contributed by atoms with van der Waals surface area (Å²) < 4.78 is 29.9. The molecule has 0 aromatic heterocycles. The number of ether oxygens (including phenoxy) is 5. The molecule has 356 valence electrons. The topological polar surface area (TPSA) is 148 Å². The number of fused-ring (bicyclic) bond motifs is 5. The van der Waals surface area contributed by atoms with Crippen LogP contribution in [0.5, 0.6) is 5.75 Å². The molecule has 2 aliphatic carbocycles. The summed E-state index contributed by atoms with van der Waals surface area (Å²) in [6.07, 6.45) is 9.87. The van der Waals surface area contributed by atoms with Gasteiger partial charge in [-0.1, -0.05) is 67.3 Å². The van der Waals surface area contributed by atoms with Crippen molar-refractivity contribution in [2.24, 2.45) is 28.1 Å². The van der Waals surface area contributed by atoms with Crippen molar-refractivity contribution < 1.29 is 48.3 Å². The lowest BCUT2D eigenvalue weighted by atomic mass is 9.46. The van der Waals surface area contributed by atoms with E-state index < -0.39 is 63.6 Å². The van der Waals surface area contributed by atoms with Gasteiger partial charge in [-0.3, -0.25) is 19.4 Å². The number of carbonyl (C=O) groups excluding carboxylic acids is 3. The molecule has 0 amide bonds. The van der Waals surface area contributed by atoms with E-state index in [1.807, 2.05) is 37.9 Å². The first-order valence-electron chi connectivity index (χ1n) is 24.3. The summed E-state index contributed by atoms with van der Waals surface area (Å²) in [4.78, 5) is 50.2. The number of methoxy groups -OCH3 is 4. The number of allylic oxidation sites excluding steroid dienone is 1. The molecule has 10 rings (SSSR count). The molecule has 1 saturated carbocycles. The predicted octanol–water partition coefficient (Wildman–Crippen LogP) is 4.21. The van der Waals surface area contributed by atoms with Crippen LogP contribution in [0.15, 0.2) is 83.5 Å². The number of benzene rings is 2. The zero-order chi connectivity index (χ0) is 47.4. The molecule has 3 unspecified atom stereocenters. The zero-order valence-electron chi connectivity index (χ0n) is 40.3. The Balaban J connectivity index is 1.22. The van der Waals surface area contributed by atoms with Crippen molar-refractivity contribution in [3.63, 3.8) is 0 Å². The van der Waals surface area contributed by atoms with E-state index in [-0.39, 0.29) is 17.9 Å². The van der Waals surface area contributed by atoms with Crippen molar-refractivity contribution in [2.45, 2.75) is 94.8 Å². The van der Waals surface area contributed by atoms with Gasteiger partial charge in [-0.05, 0) is 103 Å². The van der Waals surface area contributed by atoms with Gasteiger partial charge in [-0.15, -0.1) is 0 Å². The highest BCUT2D eigenvalue weighted by atomic mass is 16.6. The standard InChI is InChI=1S/C53H66BN3O10/c1-9-49(61)27-32-28-52(47(59)65-7,43-36(18-22-56(29-32)30-49)37-24-34(14-17-40(37)54-43)33-12-15-35(63-5)16-13-33)39-25-38-41(26-42(39)64-6)55(4)45-51(38)20-23-57-21-11-19-50(10-2,44(51)57)46(67-31(3)58)53(45,62)48(60)66-8/h11-17,19,24-26,32,39,42,44-46,54,61-62H,9-10,18,20-23,27-30H2,1-8H3/t32-,39?,42?,44+,45-,46-,49+,50-,51-,52+,53+/m1/s1. The van der Waals surface area contributed by atoms with E-state index in [9.17, 15) is 19.8 Å². The minimum absolute atomic E-state index is 0.0663. The summed E-state index contributed by atoms with van der Waals surface area (Å²) in [5.41, 5.74) is 1.93. The molecular weight excluding hydrogens is 849 g/mol. The molecule has 0 radical (unpaired) electrons. The number of esters is 3. The molecule has 6 aliphatic heterocycles. The average Bonchev–Trinajstić information content (AvgIpc) is 4.00. The Hall–Kier alpha value is -4.73. The summed E-state index contributed by atoms with van der Waals surface area (Å²) in [5.74, 6) is -1.69. The number of rotatable bonds is 9. The summed E-state index contributed by atoms with van der Waals surface area (Å²) in [7, 11) is 8.54. The second kappa shape index (κ2) is 16.5. The highest BCUT2D eigenvalue weighted by Crippen LogP contribution is 2.70. The predicted molar refractivity (Wildman–Crippen MR) is 254 cm³/mol. The highest BCUT2D eigenvalue weighted by molar-refractivity contribution is 6.67. The van der Waals surface area contributed by atoms with E-state index in [1.54, 1.807) is 14.2 Å². The number of hydrogen-bond donors (Lipinski definition) is 2. The van der Waals surface area contributed by atoms with Crippen molar-refractivity contribution in [1.29, 1.82) is 0 Å². The Morgan fingerprint density at radius 1 is 0.896 bits per heavy atom. The molecule has 2 bridgehead atoms. The lowest BCUT2D eigenvalue weighted by molar-refractivity contribution is -0.243. The van der Waals surface area contributed by atoms with E-state index in [4.69, 9.17) is 23.7 Å². The number of likely N-dealkylation sites (N-methyl/N-ethyl adjacent to an activating group) is 1. The Morgan fingerprint density at radius 2 is 1.64 bits per heavy atom. The SMILES string of the molecule is CC[C@]1(O)C[C@H]2CN(CCC3=C(Bc4ccc(-c5ccc(OC)cc5)cc43)[C@@](C(=O)OC)(C3C=C4C(=CC3OC)N(C)[C@H]3[C@@](O)(C(=O)OC)[C@H](OC(C)=O)[C@]5(CC)C=CCN6CC[C@]43[C@@H]65)C2)C1. The fraction of sp³-hybridized carbons (Fsp3) is 0.566. The van der Waals surface area contributed by atoms with Gasteiger partial charge in [0.15, 0.2) is 13.4 Å². The largest absolute Gasteiger partial charge is 0.497 e. The first-order valence-corrected chi connectivity index (χ1v) is 24.3. The second-order valence-corrected chi connectivity index (χ2v) is 20.8. The molecule has 2 N–H and O–H groups in total. The first-order chi connectivity index (χ1) is 32.1. The summed E-state index contributed by atoms with van der Waals surface area (Å²) in [6.45, 7) is 8.73. The minimum Gasteiger partial charge on any atom is -0.497 e. The van der Waals surface area contributed by atoms with E-state index >= 15 is 4.79 Å². The molecule has 2 aromatic rings. The zero-order valence-corrected chi connectivity index (χ0v) is 40.3. The van der Waals surface area contributed by atoms with Gasteiger partial charge in [0.25, 0.3) is 0 Å². The number of aliphatic hydroxyl groups is 2. The third-order valence-corrected chi connectivity index (χ3v) is 17.9. The number of carbonyl (C=O) groups is 3. The smallest absolute Gasteiger partial charge is 0.344 e. The molecule has 6 heterocycles. The molecule has 2 aromatic carbocycles. The fourth-order valence-corrected chi connectivity index (χ4v) is 15.3. The second-order valence-electron chi connectivity index (χ2n) is 20.8. The van der Waals surface area contributed by atoms with Crippen molar-refractivity contribution in [3.05, 3.63) is 89.1 Å². The minimum atomic E-state index is -2.30. The quantitative estimate of drug-likeness (QED) is 0.161. The van der Waals surface area contributed by atoms with Gasteiger partial charge in [0.05, 0.1) is 44.5 Å². The van der Waals surface area contributed by atoms with Gasteiger partial charge in [0, 0.05) is 75.7 Å². The van der Waals surface area contributed by atoms with Crippen LogP contribution in [0.4, 0.5) is 0 Å². The third-order valence-electron chi connectivity index (χ3n) is 17.9. The maximum Gasteiger partial charge on any atom is 0.344 e. The van der Waals surface area contributed by atoms with Crippen molar-refractivity contribution in [3.8, 4) is 16.9 Å². The van der Waals surface area contributed by atoms with E-state index in [0.29, 0.717) is 65.4 Å². The molecule has 8 aliphatic rings. The van der Waals surface area contributed by atoms with Gasteiger partial charge >= 0.3 is 17.9 Å². The third kappa shape index (κ3) is 6.41. The first kappa shape index (κ1) is 46.0.